The molecule has 1 aromatic heterocycles. The molecule has 0 radical (unpaired) electrons. The first-order valence-electron chi connectivity index (χ1n) is 5.82. The van der Waals surface area contributed by atoms with Crippen molar-refractivity contribution >= 4 is 0 Å². The quantitative estimate of drug-likeness (QED) is 0.925. The molecule has 100 valence electrons. The third-order valence-corrected chi connectivity index (χ3v) is 2.87. The largest absolute Gasteiger partial charge is 0.436 e. The van der Waals surface area contributed by atoms with E-state index in [4.69, 9.17) is 10.5 Å². The Morgan fingerprint density at radius 2 is 2.00 bits per heavy atom. The third kappa shape index (κ3) is 2.71. The van der Waals surface area contributed by atoms with Crippen LogP contribution < -0.4 is 10.5 Å². The van der Waals surface area contributed by atoms with Crippen LogP contribution >= 0.6 is 0 Å². The third-order valence-electron chi connectivity index (χ3n) is 2.87. The second kappa shape index (κ2) is 5.32. The zero-order valence-corrected chi connectivity index (χ0v) is 10.7. The van der Waals surface area contributed by atoms with Crippen LogP contribution in [0.2, 0.25) is 0 Å². The smallest absolute Gasteiger partial charge is 0.219 e. The van der Waals surface area contributed by atoms with E-state index >= 15 is 0 Å². The van der Waals surface area contributed by atoms with Gasteiger partial charge in [-0.3, -0.25) is 0 Å². The molecule has 0 aliphatic heterocycles. The summed E-state index contributed by atoms with van der Waals surface area (Å²) in [6, 6.07) is 5.41. The van der Waals surface area contributed by atoms with Gasteiger partial charge in [0.1, 0.15) is 0 Å². The molecule has 0 atom stereocenters. The molecular weight excluding hydrogens is 250 g/mol. The minimum Gasteiger partial charge on any atom is -0.436 e. The molecule has 5 heteroatoms. The Morgan fingerprint density at radius 3 is 2.63 bits per heavy atom. The van der Waals surface area contributed by atoms with Crippen molar-refractivity contribution in [3.8, 4) is 11.6 Å². The number of aryl methyl sites for hydroxylation is 2. The number of nitrogens with two attached hydrogens (primary N) is 1. The number of pyridine rings is 1. The van der Waals surface area contributed by atoms with Gasteiger partial charge in [0.2, 0.25) is 11.7 Å². The summed E-state index contributed by atoms with van der Waals surface area (Å²) < 4.78 is 31.8. The lowest BCUT2D eigenvalue weighted by Crippen LogP contribution is -2.05. The molecule has 0 fully saturated rings. The number of hydrogen-bond acceptors (Lipinski definition) is 3. The number of ether oxygens (including phenoxy) is 1. The number of aromatic nitrogens is 1. The van der Waals surface area contributed by atoms with E-state index in [0.29, 0.717) is 12.2 Å². The van der Waals surface area contributed by atoms with Crippen LogP contribution in [0.15, 0.2) is 24.3 Å². The average molecular weight is 264 g/mol. The normalized spacial score (nSPS) is 10.6. The zero-order valence-electron chi connectivity index (χ0n) is 10.7. The van der Waals surface area contributed by atoms with Crippen LogP contribution in [0.5, 0.6) is 11.6 Å². The summed E-state index contributed by atoms with van der Waals surface area (Å²) in [6.07, 6.45) is 0. The molecule has 0 saturated carbocycles. The Balaban J connectivity index is 2.36. The van der Waals surface area contributed by atoms with Crippen LogP contribution in [0.1, 0.15) is 16.8 Å². The highest BCUT2D eigenvalue weighted by molar-refractivity contribution is 5.36. The Labute approximate surface area is 110 Å². The fraction of sp³-hybridized carbons (Fsp3) is 0.214. The van der Waals surface area contributed by atoms with Gasteiger partial charge in [-0.25, -0.2) is 9.37 Å². The highest BCUT2D eigenvalue weighted by atomic mass is 19.2. The minimum absolute atomic E-state index is 0.188. The standard InChI is InChI=1S/C14H14F2N2O/c1-8-6-13(18-9(2)10(8)7-17)19-12-5-3-4-11(15)14(12)16/h3-6H,7,17H2,1-2H3. The van der Waals surface area contributed by atoms with Crippen molar-refractivity contribution in [2.45, 2.75) is 20.4 Å². The van der Waals surface area contributed by atoms with Gasteiger partial charge in [0.25, 0.3) is 0 Å². The number of rotatable bonds is 3. The van der Waals surface area contributed by atoms with Gasteiger partial charge in [-0.1, -0.05) is 6.07 Å². The van der Waals surface area contributed by atoms with Gasteiger partial charge < -0.3 is 10.5 Å². The second-order valence-electron chi connectivity index (χ2n) is 4.20. The van der Waals surface area contributed by atoms with Crippen molar-refractivity contribution in [1.82, 2.24) is 4.98 Å². The van der Waals surface area contributed by atoms with Crippen LogP contribution in [0.4, 0.5) is 8.78 Å². The van der Waals surface area contributed by atoms with Crippen molar-refractivity contribution in [2.24, 2.45) is 5.73 Å². The average Bonchev–Trinajstić information content (AvgIpc) is 2.35. The van der Waals surface area contributed by atoms with Crippen molar-refractivity contribution < 1.29 is 13.5 Å². The maximum absolute atomic E-state index is 13.5. The molecule has 0 amide bonds. The van der Waals surface area contributed by atoms with Crippen LogP contribution in [0, 0.1) is 25.5 Å². The molecule has 1 aromatic carbocycles. The van der Waals surface area contributed by atoms with Gasteiger partial charge in [0.15, 0.2) is 11.6 Å². The Hall–Kier alpha value is -2.01. The summed E-state index contributed by atoms with van der Waals surface area (Å²) in [5, 5.41) is 0. The van der Waals surface area contributed by atoms with E-state index in [-0.39, 0.29) is 11.6 Å². The molecule has 2 aromatic rings. The topological polar surface area (TPSA) is 48.1 Å². The van der Waals surface area contributed by atoms with Gasteiger partial charge in [-0.05, 0) is 37.1 Å². The number of benzene rings is 1. The minimum atomic E-state index is -1.03. The van der Waals surface area contributed by atoms with Gasteiger partial charge in [0, 0.05) is 18.3 Å². The molecule has 0 saturated heterocycles. The molecule has 0 aliphatic carbocycles. The highest BCUT2D eigenvalue weighted by Crippen LogP contribution is 2.26. The fourth-order valence-electron chi connectivity index (χ4n) is 1.86. The molecule has 19 heavy (non-hydrogen) atoms. The van der Waals surface area contributed by atoms with E-state index in [1.807, 2.05) is 6.92 Å². The summed E-state index contributed by atoms with van der Waals surface area (Å²) in [6.45, 7) is 4.04. The SMILES string of the molecule is Cc1cc(Oc2cccc(F)c2F)nc(C)c1CN. The lowest BCUT2D eigenvalue weighted by Gasteiger charge is -2.11. The van der Waals surface area contributed by atoms with Crippen LogP contribution in [0.25, 0.3) is 0 Å². The van der Waals surface area contributed by atoms with Crippen LogP contribution in [0.3, 0.4) is 0 Å². The predicted octanol–water partition coefficient (Wildman–Crippen LogP) is 3.23. The van der Waals surface area contributed by atoms with Crippen molar-refractivity contribution in [3.05, 3.63) is 52.7 Å². The lowest BCUT2D eigenvalue weighted by molar-refractivity contribution is 0.404. The molecular formula is C14H14F2N2O. The fourth-order valence-corrected chi connectivity index (χ4v) is 1.86. The lowest BCUT2D eigenvalue weighted by atomic mass is 10.1. The Bertz CT molecular complexity index is 591. The van der Waals surface area contributed by atoms with E-state index in [0.717, 1.165) is 17.2 Å². The molecule has 0 spiro atoms. The van der Waals surface area contributed by atoms with E-state index < -0.39 is 11.6 Å². The second-order valence-corrected chi connectivity index (χ2v) is 4.20. The first kappa shape index (κ1) is 13.4. The Kier molecular flexibility index (Phi) is 3.76. The van der Waals surface area contributed by atoms with Crippen molar-refractivity contribution in [3.63, 3.8) is 0 Å². The first-order valence-corrected chi connectivity index (χ1v) is 5.82. The highest BCUT2D eigenvalue weighted by Gasteiger charge is 2.12. The molecule has 2 N–H and O–H groups in total. The number of hydrogen-bond donors (Lipinski definition) is 1. The zero-order chi connectivity index (χ0) is 14.0. The first-order chi connectivity index (χ1) is 9.02. The van der Waals surface area contributed by atoms with E-state index in [1.54, 1.807) is 13.0 Å². The van der Waals surface area contributed by atoms with Gasteiger partial charge in [-0.2, -0.15) is 4.39 Å². The maximum Gasteiger partial charge on any atom is 0.219 e. The van der Waals surface area contributed by atoms with Crippen molar-refractivity contribution in [2.75, 3.05) is 0 Å². The molecule has 0 aliphatic rings. The maximum atomic E-state index is 13.5. The van der Waals surface area contributed by atoms with Crippen LogP contribution in [-0.2, 0) is 6.54 Å². The molecule has 0 unspecified atom stereocenters. The number of halogens is 2. The van der Waals surface area contributed by atoms with E-state index in [2.05, 4.69) is 4.98 Å². The van der Waals surface area contributed by atoms with Gasteiger partial charge >= 0.3 is 0 Å². The van der Waals surface area contributed by atoms with Crippen LogP contribution in [-0.4, -0.2) is 4.98 Å². The van der Waals surface area contributed by atoms with Gasteiger partial charge in [-0.15, -0.1) is 0 Å². The van der Waals surface area contributed by atoms with Crippen molar-refractivity contribution in [1.29, 1.82) is 0 Å². The summed E-state index contributed by atoms with van der Waals surface area (Å²) in [7, 11) is 0. The summed E-state index contributed by atoms with van der Waals surface area (Å²) in [5.41, 5.74) is 8.15. The van der Waals surface area contributed by atoms with E-state index in [1.165, 1.54) is 12.1 Å². The van der Waals surface area contributed by atoms with E-state index in [9.17, 15) is 8.78 Å². The molecule has 3 nitrogen and oxygen atoms in total. The molecule has 0 bridgehead atoms. The monoisotopic (exact) mass is 264 g/mol. The Morgan fingerprint density at radius 1 is 1.26 bits per heavy atom. The molecule has 1 heterocycles. The summed E-state index contributed by atoms with van der Waals surface area (Å²) >= 11 is 0. The number of nitrogens with zero attached hydrogens (tertiary/aromatic N) is 1. The van der Waals surface area contributed by atoms with Gasteiger partial charge in [0.05, 0.1) is 0 Å². The predicted molar refractivity (Wildman–Crippen MR) is 68.0 cm³/mol. The molecule has 2 rings (SSSR count). The summed E-state index contributed by atoms with van der Waals surface area (Å²) in [5.74, 6) is -1.95. The summed E-state index contributed by atoms with van der Waals surface area (Å²) in [4.78, 5) is 4.18.